The van der Waals surface area contributed by atoms with Crippen LogP contribution >= 0.6 is 0 Å². The molecule has 0 amide bonds. The van der Waals surface area contributed by atoms with E-state index < -0.39 is 0 Å². The highest BCUT2D eigenvalue weighted by atomic mass is 15.0. The van der Waals surface area contributed by atoms with E-state index in [-0.39, 0.29) is 0 Å². The SMILES string of the molecule is Cn1ccnc1Cc1ccccc1. The third-order valence-electron chi connectivity index (χ3n) is 2.13. The first kappa shape index (κ1) is 8.05. The third kappa shape index (κ3) is 1.78. The van der Waals surface area contributed by atoms with Gasteiger partial charge < -0.3 is 4.57 Å². The van der Waals surface area contributed by atoms with Gasteiger partial charge in [0, 0.05) is 25.9 Å². The van der Waals surface area contributed by atoms with Gasteiger partial charge in [0.25, 0.3) is 0 Å². The zero-order valence-corrected chi connectivity index (χ0v) is 7.64. The van der Waals surface area contributed by atoms with Crippen molar-refractivity contribution < 1.29 is 0 Å². The number of nitrogens with zero attached hydrogens (tertiary/aromatic N) is 2. The minimum Gasteiger partial charge on any atom is -0.338 e. The van der Waals surface area contributed by atoms with Crippen LogP contribution in [0.4, 0.5) is 0 Å². The monoisotopic (exact) mass is 172 g/mol. The predicted molar refractivity (Wildman–Crippen MR) is 52.5 cm³/mol. The molecule has 0 saturated heterocycles. The Hall–Kier alpha value is -1.57. The lowest BCUT2D eigenvalue weighted by Crippen LogP contribution is -1.97. The molecule has 0 atom stereocenters. The van der Waals surface area contributed by atoms with Gasteiger partial charge in [-0.05, 0) is 5.56 Å². The van der Waals surface area contributed by atoms with Crippen LogP contribution in [0.2, 0.25) is 0 Å². The van der Waals surface area contributed by atoms with Crippen molar-refractivity contribution in [2.45, 2.75) is 6.42 Å². The molecule has 66 valence electrons. The molecule has 0 aliphatic heterocycles. The lowest BCUT2D eigenvalue weighted by molar-refractivity contribution is 0.822. The molecular formula is C11H12N2. The maximum absolute atomic E-state index is 4.27. The van der Waals surface area contributed by atoms with Crippen LogP contribution in [0.25, 0.3) is 0 Å². The van der Waals surface area contributed by atoms with E-state index in [9.17, 15) is 0 Å². The van der Waals surface area contributed by atoms with Gasteiger partial charge in [-0.25, -0.2) is 4.98 Å². The Morgan fingerprint density at radius 2 is 2.00 bits per heavy atom. The summed E-state index contributed by atoms with van der Waals surface area (Å²) in [6.07, 6.45) is 4.71. The zero-order valence-electron chi connectivity index (χ0n) is 7.64. The van der Waals surface area contributed by atoms with Crippen LogP contribution < -0.4 is 0 Å². The fourth-order valence-electron chi connectivity index (χ4n) is 1.35. The Labute approximate surface area is 77.9 Å². The molecule has 1 aromatic heterocycles. The van der Waals surface area contributed by atoms with Gasteiger partial charge in [-0.2, -0.15) is 0 Å². The van der Waals surface area contributed by atoms with Crippen molar-refractivity contribution >= 4 is 0 Å². The highest BCUT2D eigenvalue weighted by molar-refractivity contribution is 5.18. The highest BCUT2D eigenvalue weighted by Crippen LogP contribution is 2.05. The van der Waals surface area contributed by atoms with Crippen molar-refractivity contribution in [2.24, 2.45) is 7.05 Å². The Morgan fingerprint density at radius 3 is 2.62 bits per heavy atom. The van der Waals surface area contributed by atoms with Gasteiger partial charge in [-0.3, -0.25) is 0 Å². The molecule has 2 nitrogen and oxygen atoms in total. The van der Waals surface area contributed by atoms with Gasteiger partial charge in [-0.1, -0.05) is 30.3 Å². The number of aryl methyl sites for hydroxylation is 1. The molecule has 0 N–H and O–H groups in total. The van der Waals surface area contributed by atoms with Crippen molar-refractivity contribution in [1.82, 2.24) is 9.55 Å². The van der Waals surface area contributed by atoms with Crippen LogP contribution in [0, 0.1) is 0 Å². The summed E-state index contributed by atoms with van der Waals surface area (Å²) in [5.74, 6) is 1.10. The average Bonchev–Trinajstić information content (AvgIpc) is 2.54. The van der Waals surface area contributed by atoms with Crippen LogP contribution in [0.5, 0.6) is 0 Å². The summed E-state index contributed by atoms with van der Waals surface area (Å²) in [5.41, 5.74) is 1.30. The number of imidazole rings is 1. The quantitative estimate of drug-likeness (QED) is 0.677. The van der Waals surface area contributed by atoms with E-state index in [4.69, 9.17) is 0 Å². The lowest BCUT2D eigenvalue weighted by Gasteiger charge is -2.00. The summed E-state index contributed by atoms with van der Waals surface area (Å²) in [5, 5.41) is 0. The number of rotatable bonds is 2. The van der Waals surface area contributed by atoms with Crippen molar-refractivity contribution in [2.75, 3.05) is 0 Å². The van der Waals surface area contributed by atoms with Gasteiger partial charge in [0.05, 0.1) is 0 Å². The second kappa shape index (κ2) is 3.44. The van der Waals surface area contributed by atoms with Crippen LogP contribution in [0.15, 0.2) is 42.7 Å². The number of hydrogen-bond acceptors (Lipinski definition) is 1. The molecule has 1 heterocycles. The lowest BCUT2D eigenvalue weighted by atomic mass is 10.1. The molecule has 0 saturated carbocycles. The normalized spacial score (nSPS) is 10.2. The van der Waals surface area contributed by atoms with E-state index in [1.165, 1.54) is 5.56 Å². The molecule has 0 aliphatic carbocycles. The fraction of sp³-hybridized carbons (Fsp3) is 0.182. The Bertz CT molecular complexity index is 376. The first-order chi connectivity index (χ1) is 6.36. The molecule has 0 bridgehead atoms. The fourth-order valence-corrected chi connectivity index (χ4v) is 1.35. The van der Waals surface area contributed by atoms with Crippen molar-refractivity contribution in [1.29, 1.82) is 0 Å². The van der Waals surface area contributed by atoms with E-state index >= 15 is 0 Å². The molecule has 0 spiro atoms. The summed E-state index contributed by atoms with van der Waals surface area (Å²) >= 11 is 0. The van der Waals surface area contributed by atoms with Gasteiger partial charge in [-0.15, -0.1) is 0 Å². The Morgan fingerprint density at radius 1 is 1.23 bits per heavy atom. The second-order valence-electron chi connectivity index (χ2n) is 3.12. The van der Waals surface area contributed by atoms with Crippen LogP contribution in [0.3, 0.4) is 0 Å². The van der Waals surface area contributed by atoms with E-state index in [1.807, 2.05) is 30.1 Å². The molecule has 2 aromatic rings. The zero-order chi connectivity index (χ0) is 9.10. The Balaban J connectivity index is 2.20. The van der Waals surface area contributed by atoms with Crippen LogP contribution in [0.1, 0.15) is 11.4 Å². The smallest absolute Gasteiger partial charge is 0.112 e. The third-order valence-corrected chi connectivity index (χ3v) is 2.13. The van der Waals surface area contributed by atoms with Gasteiger partial charge in [0.2, 0.25) is 0 Å². The summed E-state index contributed by atoms with van der Waals surface area (Å²) < 4.78 is 2.05. The summed E-state index contributed by atoms with van der Waals surface area (Å²) in [7, 11) is 2.02. The first-order valence-electron chi connectivity index (χ1n) is 4.36. The molecule has 0 unspecified atom stereocenters. The highest BCUT2D eigenvalue weighted by Gasteiger charge is 1.99. The molecule has 0 radical (unpaired) electrons. The van der Waals surface area contributed by atoms with E-state index in [2.05, 4.69) is 29.2 Å². The van der Waals surface area contributed by atoms with Crippen molar-refractivity contribution in [3.63, 3.8) is 0 Å². The molecule has 0 aliphatic rings. The van der Waals surface area contributed by atoms with Crippen molar-refractivity contribution in [3.8, 4) is 0 Å². The average molecular weight is 172 g/mol. The molecule has 1 aromatic carbocycles. The maximum atomic E-state index is 4.27. The second-order valence-corrected chi connectivity index (χ2v) is 3.12. The number of hydrogen-bond donors (Lipinski definition) is 0. The Kier molecular flexibility index (Phi) is 2.13. The maximum Gasteiger partial charge on any atom is 0.112 e. The summed E-state index contributed by atoms with van der Waals surface area (Å²) in [6, 6.07) is 10.4. The van der Waals surface area contributed by atoms with Gasteiger partial charge >= 0.3 is 0 Å². The summed E-state index contributed by atoms with van der Waals surface area (Å²) in [6.45, 7) is 0. The van der Waals surface area contributed by atoms with E-state index in [0.717, 1.165) is 12.2 Å². The van der Waals surface area contributed by atoms with Crippen LogP contribution in [-0.2, 0) is 13.5 Å². The summed E-state index contributed by atoms with van der Waals surface area (Å²) in [4.78, 5) is 4.27. The predicted octanol–water partition coefficient (Wildman–Crippen LogP) is 2.01. The largest absolute Gasteiger partial charge is 0.338 e. The molecule has 2 heteroatoms. The number of benzene rings is 1. The van der Waals surface area contributed by atoms with Crippen molar-refractivity contribution in [3.05, 3.63) is 54.1 Å². The minimum absolute atomic E-state index is 0.907. The van der Waals surface area contributed by atoms with Gasteiger partial charge in [0.1, 0.15) is 5.82 Å². The topological polar surface area (TPSA) is 17.8 Å². The first-order valence-corrected chi connectivity index (χ1v) is 4.36. The van der Waals surface area contributed by atoms with Gasteiger partial charge in [0.15, 0.2) is 0 Å². The standard InChI is InChI=1S/C11H12N2/c1-13-8-7-12-11(13)9-10-5-3-2-4-6-10/h2-8H,9H2,1H3. The number of aromatic nitrogens is 2. The molecule has 13 heavy (non-hydrogen) atoms. The minimum atomic E-state index is 0.907. The van der Waals surface area contributed by atoms with E-state index in [1.54, 1.807) is 0 Å². The van der Waals surface area contributed by atoms with E-state index in [0.29, 0.717) is 0 Å². The molecular weight excluding hydrogens is 160 g/mol. The molecule has 2 rings (SSSR count). The molecule has 0 fully saturated rings. The van der Waals surface area contributed by atoms with Crippen LogP contribution in [-0.4, -0.2) is 9.55 Å².